The minimum absolute atomic E-state index is 0.120. The minimum atomic E-state index is -0.383. The van der Waals surface area contributed by atoms with E-state index in [0.29, 0.717) is 17.1 Å². The normalized spacial score (nSPS) is 20.1. The maximum atomic E-state index is 12.4. The van der Waals surface area contributed by atoms with Crippen molar-refractivity contribution in [1.29, 1.82) is 0 Å². The number of aromatic hydroxyl groups is 1. The standard InChI is InChI=1S/C18H20ClN3O2/c1-10-7-14(17(23)8-11(10)2)15-9-16(22-21-15)18(24)20-13-5-3-12(19)4-6-13/h3-8,15-16,21-23H,9H2,1-2H3,(H,20,24). The van der Waals surface area contributed by atoms with Gasteiger partial charge in [0.15, 0.2) is 0 Å². The van der Waals surface area contributed by atoms with Crippen LogP contribution in [0.3, 0.4) is 0 Å². The number of aryl methyl sites for hydroxylation is 2. The third-order valence-electron chi connectivity index (χ3n) is 4.35. The van der Waals surface area contributed by atoms with Gasteiger partial charge in [-0.1, -0.05) is 17.7 Å². The van der Waals surface area contributed by atoms with Gasteiger partial charge in [-0.15, -0.1) is 0 Å². The summed E-state index contributed by atoms with van der Waals surface area (Å²) in [6.45, 7) is 3.97. The number of carbonyl (C=O) groups is 1. The molecule has 1 aliphatic rings. The van der Waals surface area contributed by atoms with Crippen molar-refractivity contribution in [3.8, 4) is 5.75 Å². The van der Waals surface area contributed by atoms with Crippen LogP contribution in [0.4, 0.5) is 5.69 Å². The second-order valence-electron chi connectivity index (χ2n) is 6.12. The molecule has 2 aromatic carbocycles. The first kappa shape index (κ1) is 16.8. The van der Waals surface area contributed by atoms with Gasteiger partial charge in [0.05, 0.1) is 6.04 Å². The zero-order chi connectivity index (χ0) is 17.3. The van der Waals surface area contributed by atoms with Crippen LogP contribution in [0, 0.1) is 13.8 Å². The molecule has 0 aromatic heterocycles. The van der Waals surface area contributed by atoms with Crippen LogP contribution in [0.2, 0.25) is 5.02 Å². The summed E-state index contributed by atoms with van der Waals surface area (Å²) in [5.41, 5.74) is 9.74. The molecule has 2 atom stereocenters. The van der Waals surface area contributed by atoms with E-state index in [1.807, 2.05) is 19.9 Å². The fraction of sp³-hybridized carbons (Fsp3) is 0.278. The topological polar surface area (TPSA) is 73.4 Å². The van der Waals surface area contributed by atoms with Crippen LogP contribution in [0.25, 0.3) is 0 Å². The van der Waals surface area contributed by atoms with Crippen LogP contribution in [0.1, 0.15) is 29.2 Å². The predicted molar refractivity (Wildman–Crippen MR) is 95.1 cm³/mol. The number of amides is 1. The molecule has 0 aliphatic carbocycles. The SMILES string of the molecule is Cc1cc(O)c(C2CC(C(=O)Nc3ccc(Cl)cc3)NN2)cc1C. The summed E-state index contributed by atoms with van der Waals surface area (Å²) in [5.74, 6) is 0.117. The number of rotatable bonds is 3. The predicted octanol–water partition coefficient (Wildman–Crippen LogP) is 3.21. The first-order chi connectivity index (χ1) is 11.4. The number of nitrogens with one attached hydrogen (secondary N) is 3. The van der Waals surface area contributed by atoms with Crippen LogP contribution in [0.15, 0.2) is 36.4 Å². The molecule has 126 valence electrons. The van der Waals surface area contributed by atoms with Gasteiger partial charge < -0.3 is 10.4 Å². The molecule has 1 amide bonds. The first-order valence-electron chi connectivity index (χ1n) is 7.81. The number of benzene rings is 2. The molecule has 1 fully saturated rings. The zero-order valence-corrected chi connectivity index (χ0v) is 14.3. The Balaban J connectivity index is 1.67. The summed E-state index contributed by atoms with van der Waals surface area (Å²) in [6, 6.07) is 10.2. The Labute approximate surface area is 146 Å². The molecule has 2 aromatic rings. The summed E-state index contributed by atoms with van der Waals surface area (Å²) < 4.78 is 0. The van der Waals surface area contributed by atoms with Gasteiger partial charge in [-0.2, -0.15) is 0 Å². The average Bonchev–Trinajstić information content (AvgIpc) is 3.03. The van der Waals surface area contributed by atoms with E-state index in [-0.39, 0.29) is 23.7 Å². The molecule has 1 aliphatic heterocycles. The Morgan fingerprint density at radius 1 is 1.17 bits per heavy atom. The maximum Gasteiger partial charge on any atom is 0.242 e. The van der Waals surface area contributed by atoms with E-state index in [2.05, 4.69) is 16.2 Å². The zero-order valence-electron chi connectivity index (χ0n) is 13.6. The Morgan fingerprint density at radius 3 is 2.54 bits per heavy atom. The Morgan fingerprint density at radius 2 is 1.83 bits per heavy atom. The molecule has 24 heavy (non-hydrogen) atoms. The van der Waals surface area contributed by atoms with Crippen LogP contribution in [0.5, 0.6) is 5.75 Å². The second kappa shape index (κ2) is 6.81. The van der Waals surface area contributed by atoms with Crippen LogP contribution in [-0.4, -0.2) is 17.1 Å². The molecule has 0 bridgehead atoms. The summed E-state index contributed by atoms with van der Waals surface area (Å²) >= 11 is 5.84. The van der Waals surface area contributed by atoms with Crippen molar-refractivity contribution < 1.29 is 9.90 Å². The van der Waals surface area contributed by atoms with Gasteiger partial charge in [0.25, 0.3) is 0 Å². The molecule has 1 heterocycles. The van der Waals surface area contributed by atoms with E-state index in [1.54, 1.807) is 30.3 Å². The maximum absolute atomic E-state index is 12.4. The van der Waals surface area contributed by atoms with Crippen molar-refractivity contribution in [2.75, 3.05) is 5.32 Å². The fourth-order valence-corrected chi connectivity index (χ4v) is 2.92. The fourth-order valence-electron chi connectivity index (χ4n) is 2.80. The molecule has 2 unspecified atom stereocenters. The van der Waals surface area contributed by atoms with Crippen LogP contribution >= 0.6 is 11.6 Å². The van der Waals surface area contributed by atoms with E-state index in [0.717, 1.165) is 16.7 Å². The Kier molecular flexibility index (Phi) is 4.76. The largest absolute Gasteiger partial charge is 0.508 e. The number of hydrogen-bond donors (Lipinski definition) is 4. The van der Waals surface area contributed by atoms with Crippen molar-refractivity contribution in [3.63, 3.8) is 0 Å². The summed E-state index contributed by atoms with van der Waals surface area (Å²) in [7, 11) is 0. The Bertz CT molecular complexity index is 762. The van der Waals surface area contributed by atoms with E-state index < -0.39 is 0 Å². The molecule has 4 N–H and O–H groups in total. The van der Waals surface area contributed by atoms with Crippen molar-refractivity contribution in [1.82, 2.24) is 10.9 Å². The van der Waals surface area contributed by atoms with Gasteiger partial charge in [0.2, 0.25) is 5.91 Å². The number of hydrazine groups is 1. The van der Waals surface area contributed by atoms with Gasteiger partial charge >= 0.3 is 0 Å². The number of phenolic OH excluding ortho intramolecular Hbond substituents is 1. The molecule has 6 heteroatoms. The number of hydrogen-bond acceptors (Lipinski definition) is 4. The Hall–Kier alpha value is -2.08. The molecule has 0 spiro atoms. The smallest absolute Gasteiger partial charge is 0.242 e. The highest BCUT2D eigenvalue weighted by molar-refractivity contribution is 6.30. The number of phenols is 1. The molecule has 0 saturated carbocycles. The van der Waals surface area contributed by atoms with Crippen molar-refractivity contribution >= 4 is 23.2 Å². The van der Waals surface area contributed by atoms with Gasteiger partial charge in [-0.05, 0) is 61.7 Å². The van der Waals surface area contributed by atoms with Crippen molar-refractivity contribution in [2.24, 2.45) is 0 Å². The van der Waals surface area contributed by atoms with Crippen molar-refractivity contribution in [3.05, 3.63) is 58.1 Å². The summed E-state index contributed by atoms with van der Waals surface area (Å²) in [5, 5.41) is 13.7. The van der Waals surface area contributed by atoms with Gasteiger partial charge in [-0.3, -0.25) is 4.79 Å². The highest BCUT2D eigenvalue weighted by Gasteiger charge is 2.31. The van der Waals surface area contributed by atoms with E-state index in [9.17, 15) is 9.90 Å². The first-order valence-corrected chi connectivity index (χ1v) is 8.19. The molecular weight excluding hydrogens is 326 g/mol. The van der Waals surface area contributed by atoms with Crippen LogP contribution in [-0.2, 0) is 4.79 Å². The summed E-state index contributed by atoms with van der Waals surface area (Å²) in [4.78, 5) is 12.4. The third-order valence-corrected chi connectivity index (χ3v) is 4.60. The monoisotopic (exact) mass is 345 g/mol. The van der Waals surface area contributed by atoms with Gasteiger partial charge in [-0.25, -0.2) is 10.9 Å². The molecular formula is C18H20ClN3O2. The van der Waals surface area contributed by atoms with Gasteiger partial charge in [0, 0.05) is 16.3 Å². The molecule has 0 radical (unpaired) electrons. The third kappa shape index (κ3) is 3.53. The highest BCUT2D eigenvalue weighted by atomic mass is 35.5. The summed E-state index contributed by atoms with van der Waals surface area (Å²) in [6.07, 6.45) is 0.551. The lowest BCUT2D eigenvalue weighted by atomic mass is 9.97. The molecule has 1 saturated heterocycles. The van der Waals surface area contributed by atoms with Gasteiger partial charge in [0.1, 0.15) is 11.8 Å². The lowest BCUT2D eigenvalue weighted by Gasteiger charge is -2.14. The lowest BCUT2D eigenvalue weighted by Crippen LogP contribution is -2.39. The highest BCUT2D eigenvalue weighted by Crippen LogP contribution is 2.32. The lowest BCUT2D eigenvalue weighted by molar-refractivity contribution is -0.117. The minimum Gasteiger partial charge on any atom is -0.508 e. The number of carbonyl (C=O) groups excluding carboxylic acids is 1. The quantitative estimate of drug-likeness (QED) is 0.689. The van der Waals surface area contributed by atoms with Crippen LogP contribution < -0.4 is 16.2 Å². The number of anilines is 1. The van der Waals surface area contributed by atoms with E-state index >= 15 is 0 Å². The van der Waals surface area contributed by atoms with E-state index in [1.165, 1.54) is 0 Å². The molecule has 3 rings (SSSR count). The van der Waals surface area contributed by atoms with E-state index in [4.69, 9.17) is 11.6 Å². The second-order valence-corrected chi connectivity index (χ2v) is 6.56. The average molecular weight is 346 g/mol. The number of halogens is 1. The van der Waals surface area contributed by atoms with Crippen molar-refractivity contribution in [2.45, 2.75) is 32.4 Å². The molecule has 5 nitrogen and oxygen atoms in total.